The predicted octanol–water partition coefficient (Wildman–Crippen LogP) is 1.39. The summed E-state index contributed by atoms with van der Waals surface area (Å²) >= 11 is 1.29. The van der Waals surface area contributed by atoms with E-state index in [4.69, 9.17) is 0 Å². The number of rotatable bonds is 9. The molecule has 168 valence electrons. The Bertz CT molecular complexity index is 1130. The van der Waals surface area contributed by atoms with Gasteiger partial charge in [-0.15, -0.1) is 0 Å². The Hall–Kier alpha value is -2.79. The number of aromatic nitrogens is 2. The van der Waals surface area contributed by atoms with Crippen molar-refractivity contribution in [3.63, 3.8) is 0 Å². The van der Waals surface area contributed by atoms with Gasteiger partial charge in [0, 0.05) is 12.7 Å². The molecule has 0 radical (unpaired) electrons. The number of aryl methyl sites for hydroxylation is 1. The van der Waals surface area contributed by atoms with Crippen molar-refractivity contribution in [2.45, 2.75) is 20.3 Å². The molecule has 32 heavy (non-hydrogen) atoms. The van der Waals surface area contributed by atoms with Gasteiger partial charge in [-0.05, 0) is 6.42 Å². The van der Waals surface area contributed by atoms with Crippen LogP contribution in [0.2, 0.25) is 0 Å². The molecule has 3 heterocycles. The second-order valence-electron chi connectivity index (χ2n) is 6.88. The molecule has 0 atom stereocenters. The van der Waals surface area contributed by atoms with Gasteiger partial charge in [-0.3, -0.25) is 4.79 Å². The second kappa shape index (κ2) is 11.2. The van der Waals surface area contributed by atoms with Crippen LogP contribution in [0.3, 0.4) is 0 Å². The van der Waals surface area contributed by atoms with Gasteiger partial charge in [0.15, 0.2) is 0 Å². The molecule has 0 bridgehead atoms. The molecule has 2 amide bonds. The Kier molecular flexibility index (Phi) is 8.34. The fourth-order valence-corrected chi connectivity index (χ4v) is 4.76. The van der Waals surface area contributed by atoms with Crippen molar-refractivity contribution in [1.82, 2.24) is 18.4 Å². The third-order valence-corrected chi connectivity index (χ3v) is 7.22. The van der Waals surface area contributed by atoms with Crippen LogP contribution in [0.15, 0.2) is 47.5 Å². The Labute approximate surface area is 202 Å². The van der Waals surface area contributed by atoms with E-state index in [0.717, 1.165) is 21.9 Å². The zero-order valence-electron chi connectivity index (χ0n) is 18.2. The number of hydrogen-bond acceptors (Lipinski definition) is 6. The summed E-state index contributed by atoms with van der Waals surface area (Å²) in [6.45, 7) is 8.15. The summed E-state index contributed by atoms with van der Waals surface area (Å²) in [5.74, 6) is -0.492. The van der Waals surface area contributed by atoms with Crippen molar-refractivity contribution in [1.29, 1.82) is 0 Å². The molecule has 9 heteroatoms. The van der Waals surface area contributed by atoms with Crippen molar-refractivity contribution >= 4 is 34.9 Å². The first-order valence-corrected chi connectivity index (χ1v) is 13.1. The molecule has 0 saturated carbocycles. The van der Waals surface area contributed by atoms with Crippen LogP contribution in [0, 0.1) is 6.92 Å². The number of pyridine rings is 1. The van der Waals surface area contributed by atoms with E-state index in [-0.39, 0.29) is 33.3 Å². The van der Waals surface area contributed by atoms with Crippen molar-refractivity contribution in [3.05, 3.63) is 69.2 Å². The zero-order valence-corrected chi connectivity index (χ0v) is 21.2. The predicted molar refractivity (Wildman–Crippen MR) is 125 cm³/mol. The Morgan fingerprint density at radius 1 is 1.25 bits per heavy atom. The van der Waals surface area contributed by atoms with E-state index in [0.29, 0.717) is 29.1 Å². The number of nitrogens with one attached hydrogen (secondary N) is 2. The topological polar surface area (TPSA) is 87.2 Å². The third-order valence-electron chi connectivity index (χ3n) is 4.48. The molecule has 1 aromatic heterocycles. The molecular weight excluding hydrogens is 537 g/mol. The van der Waals surface area contributed by atoms with Gasteiger partial charge in [0.2, 0.25) is 0 Å². The molecule has 0 spiro atoms. The molecule has 1 aromatic rings. The van der Waals surface area contributed by atoms with E-state index >= 15 is 0 Å². The van der Waals surface area contributed by atoms with Gasteiger partial charge in [0.25, 0.3) is 5.91 Å². The van der Waals surface area contributed by atoms with E-state index in [9.17, 15) is 9.59 Å². The average Bonchev–Trinajstić information content (AvgIpc) is 3.21. The SMILES string of the molecule is C=C[I-]N(C)C=Cc1ccc2ncc(C(=O)Nc3cc(C(=O)NCCC)cnc3C)c-2s1. The van der Waals surface area contributed by atoms with Crippen LogP contribution in [0.1, 0.15) is 44.6 Å². The van der Waals surface area contributed by atoms with Crippen LogP contribution in [-0.4, -0.2) is 38.5 Å². The molecule has 3 rings (SSSR count). The molecule has 0 aliphatic carbocycles. The van der Waals surface area contributed by atoms with Crippen LogP contribution in [0.4, 0.5) is 5.69 Å². The number of amides is 2. The Morgan fingerprint density at radius 2 is 2.06 bits per heavy atom. The number of nitrogens with zero attached hydrogens (tertiary/aromatic N) is 3. The summed E-state index contributed by atoms with van der Waals surface area (Å²) in [7, 11) is 2.02. The molecule has 0 aromatic carbocycles. The van der Waals surface area contributed by atoms with Crippen LogP contribution < -0.4 is 32.1 Å². The summed E-state index contributed by atoms with van der Waals surface area (Å²) in [6.07, 6.45) is 7.99. The Morgan fingerprint density at radius 3 is 2.81 bits per heavy atom. The average molecular weight is 562 g/mol. The van der Waals surface area contributed by atoms with E-state index in [1.165, 1.54) is 17.5 Å². The van der Waals surface area contributed by atoms with Gasteiger partial charge >= 0.3 is 161 Å². The van der Waals surface area contributed by atoms with Gasteiger partial charge in [0.1, 0.15) is 0 Å². The first-order chi connectivity index (χ1) is 15.4. The first kappa shape index (κ1) is 23.9. The van der Waals surface area contributed by atoms with Gasteiger partial charge < -0.3 is 5.32 Å². The van der Waals surface area contributed by atoms with Crippen LogP contribution in [-0.2, 0) is 0 Å². The van der Waals surface area contributed by atoms with Crippen molar-refractivity contribution in [3.8, 4) is 10.6 Å². The van der Waals surface area contributed by atoms with Crippen LogP contribution in [0.5, 0.6) is 0 Å². The molecular formula is C23H25IN5O2S-. The monoisotopic (exact) mass is 562 g/mol. The van der Waals surface area contributed by atoms with Gasteiger partial charge in [-0.1, -0.05) is 6.92 Å². The maximum atomic E-state index is 13.1. The summed E-state index contributed by atoms with van der Waals surface area (Å²) in [4.78, 5) is 35.8. The fraction of sp³-hybridized carbons (Fsp3) is 0.217. The molecule has 0 saturated heterocycles. The molecule has 2 N–H and O–H groups in total. The zero-order chi connectivity index (χ0) is 23.1. The summed E-state index contributed by atoms with van der Waals surface area (Å²) < 4.78 is 4.07. The van der Waals surface area contributed by atoms with Crippen molar-refractivity contribution < 1.29 is 31.1 Å². The van der Waals surface area contributed by atoms with Crippen LogP contribution >= 0.6 is 11.3 Å². The maximum absolute atomic E-state index is 13.1. The van der Waals surface area contributed by atoms with Crippen molar-refractivity contribution in [2.24, 2.45) is 0 Å². The van der Waals surface area contributed by atoms with Gasteiger partial charge in [0.05, 0.1) is 0 Å². The second-order valence-corrected chi connectivity index (χ2v) is 10.9. The third kappa shape index (κ3) is 5.92. The van der Waals surface area contributed by atoms with E-state index in [1.807, 2.05) is 42.5 Å². The summed E-state index contributed by atoms with van der Waals surface area (Å²) in [6, 6.07) is 5.56. The number of fused-ring (bicyclic) bond motifs is 1. The molecule has 0 fully saturated rings. The molecule has 0 unspecified atom stereocenters. The number of hydrogen-bond donors (Lipinski definition) is 2. The minimum absolute atomic E-state index is 0.210. The minimum atomic E-state index is -0.282. The van der Waals surface area contributed by atoms with E-state index in [2.05, 4.69) is 30.3 Å². The normalized spacial score (nSPS) is 11.1. The standard InChI is InChI=1S/C23H25IN5O2S/c1-5-10-25-22(30)16-12-20(15(3)26-13-16)28-23(31)18-14-27-19-8-7-17(32-21(18)19)9-11-29(4)24-6-2/h6-9,11-14H,2,5,10H2,1,3-4H3,(H,25,30)(H,28,31)/q-1. The number of anilines is 1. The number of carbonyl (C=O) groups excluding carboxylic acids is 2. The van der Waals surface area contributed by atoms with Crippen LogP contribution in [0.25, 0.3) is 16.6 Å². The first-order valence-electron chi connectivity index (χ1n) is 10.0. The van der Waals surface area contributed by atoms with E-state index in [1.54, 1.807) is 19.2 Å². The van der Waals surface area contributed by atoms with Gasteiger partial charge in [-0.25, -0.2) is 0 Å². The summed E-state index contributed by atoms with van der Waals surface area (Å²) in [5.41, 5.74) is 2.81. The summed E-state index contributed by atoms with van der Waals surface area (Å²) in [5, 5.41) is 5.72. The molecule has 2 aliphatic heterocycles. The Balaban J connectivity index is 1.82. The van der Waals surface area contributed by atoms with E-state index < -0.39 is 0 Å². The van der Waals surface area contributed by atoms with Crippen molar-refractivity contribution in [2.75, 3.05) is 18.9 Å². The quantitative estimate of drug-likeness (QED) is 0.304. The van der Waals surface area contributed by atoms with Gasteiger partial charge in [-0.2, -0.15) is 0 Å². The fourth-order valence-electron chi connectivity index (χ4n) is 2.81. The molecule has 2 aliphatic rings. The molecule has 7 nitrogen and oxygen atoms in total. The number of carbonyl (C=O) groups is 2. The number of halogens is 1.